The van der Waals surface area contributed by atoms with Crippen molar-refractivity contribution in [3.8, 4) is 0 Å². The Bertz CT molecular complexity index is 832. The van der Waals surface area contributed by atoms with Crippen LogP contribution in [0.25, 0.3) is 0 Å². The third-order valence-corrected chi connectivity index (χ3v) is 10.7. The Morgan fingerprint density at radius 3 is 1.97 bits per heavy atom. The second kappa shape index (κ2) is 8.72. The van der Waals surface area contributed by atoms with Crippen molar-refractivity contribution in [3.63, 3.8) is 0 Å². The van der Waals surface area contributed by atoms with Crippen molar-refractivity contribution in [2.75, 3.05) is 0 Å². The van der Waals surface area contributed by atoms with Crippen LogP contribution in [0.1, 0.15) is 131 Å². The topological polar surface area (TPSA) is 22.4 Å². The molecule has 8 atom stereocenters. The molecule has 3 aliphatic rings. The maximum absolute atomic E-state index is 6.84. The third-order valence-electron chi connectivity index (χ3n) is 10.7. The van der Waals surface area contributed by atoms with E-state index in [-0.39, 0.29) is 11.0 Å². The van der Waals surface area contributed by atoms with E-state index in [2.05, 4.69) is 82.2 Å². The van der Waals surface area contributed by atoms with Gasteiger partial charge in [0, 0.05) is 11.3 Å². The Morgan fingerprint density at radius 2 is 1.45 bits per heavy atom. The summed E-state index contributed by atoms with van der Waals surface area (Å²) in [5.74, 6) is 8.33. The van der Waals surface area contributed by atoms with E-state index in [4.69, 9.17) is 9.15 Å². The normalized spacial score (nSPS) is 37.3. The van der Waals surface area contributed by atoms with Crippen LogP contribution in [0.2, 0.25) is 0 Å². The first-order valence-corrected chi connectivity index (χ1v) is 14.1. The first kappa shape index (κ1) is 25.3. The molecule has 188 valence electrons. The van der Waals surface area contributed by atoms with Crippen molar-refractivity contribution >= 4 is 0 Å². The molecule has 4 heterocycles. The minimum Gasteiger partial charge on any atom is -0.465 e. The number of hydrogen-bond acceptors (Lipinski definition) is 2. The monoisotopic (exact) mass is 456 g/mol. The smallest absolute Gasteiger partial charge is 0.114 e. The van der Waals surface area contributed by atoms with Crippen LogP contribution in [0, 0.1) is 41.4 Å². The van der Waals surface area contributed by atoms with Gasteiger partial charge in [-0.15, -0.1) is 0 Å². The Hall–Kier alpha value is -0.760. The highest BCUT2D eigenvalue weighted by Crippen LogP contribution is 2.60. The summed E-state index contributed by atoms with van der Waals surface area (Å²) in [6, 6.07) is 2.39. The lowest BCUT2D eigenvalue weighted by Gasteiger charge is -2.41. The van der Waals surface area contributed by atoms with Crippen LogP contribution in [0.3, 0.4) is 0 Å². The summed E-state index contributed by atoms with van der Waals surface area (Å²) in [4.78, 5) is 0. The van der Waals surface area contributed by atoms with E-state index in [1.165, 1.54) is 42.8 Å². The zero-order chi connectivity index (χ0) is 24.5. The summed E-state index contributed by atoms with van der Waals surface area (Å²) >= 11 is 0. The van der Waals surface area contributed by atoms with Crippen molar-refractivity contribution in [3.05, 3.63) is 23.2 Å². The Balaban J connectivity index is 1.46. The number of ether oxygens (including phenoxy) is 1. The van der Waals surface area contributed by atoms with E-state index in [9.17, 15) is 0 Å². The molecule has 33 heavy (non-hydrogen) atoms. The first-order chi connectivity index (χ1) is 15.3. The van der Waals surface area contributed by atoms with Crippen LogP contribution in [0.5, 0.6) is 0 Å². The molecule has 2 nitrogen and oxygen atoms in total. The summed E-state index contributed by atoms with van der Waals surface area (Å²) < 4.78 is 13.3. The molecule has 0 aliphatic carbocycles. The van der Waals surface area contributed by atoms with Crippen LogP contribution in [0.15, 0.2) is 10.5 Å². The zero-order valence-corrected chi connectivity index (χ0v) is 23.5. The van der Waals surface area contributed by atoms with Gasteiger partial charge in [0.2, 0.25) is 0 Å². The second-order valence-electron chi connectivity index (χ2n) is 13.8. The van der Waals surface area contributed by atoms with Crippen LogP contribution >= 0.6 is 0 Å². The van der Waals surface area contributed by atoms with Crippen LogP contribution in [-0.2, 0) is 10.2 Å². The maximum Gasteiger partial charge on any atom is 0.114 e. The molecule has 2 heteroatoms. The molecule has 0 N–H and O–H groups in total. The summed E-state index contributed by atoms with van der Waals surface area (Å²) in [6.07, 6.45) is 5.62. The quantitative estimate of drug-likeness (QED) is 0.370. The molecule has 0 spiro atoms. The van der Waals surface area contributed by atoms with E-state index in [1.807, 2.05) is 0 Å². The van der Waals surface area contributed by atoms with Crippen LogP contribution in [0.4, 0.5) is 0 Å². The van der Waals surface area contributed by atoms with E-state index in [0.29, 0.717) is 35.7 Å². The van der Waals surface area contributed by atoms with E-state index in [0.717, 1.165) is 23.7 Å². The SMILES string of the molecule is CC(C)c1cc2oc1C(C)(C(C)C)C2C(C)CCC(C)C1CC2(C(C)C)CC(C(C)C)C1O2. The minimum atomic E-state index is 0.131. The lowest BCUT2D eigenvalue weighted by molar-refractivity contribution is -0.0277. The molecular formula is C31H52O2. The number of rotatable bonds is 9. The molecule has 0 radical (unpaired) electrons. The Morgan fingerprint density at radius 1 is 0.848 bits per heavy atom. The minimum absolute atomic E-state index is 0.131. The molecule has 1 aromatic heterocycles. The molecule has 2 saturated heterocycles. The van der Waals surface area contributed by atoms with E-state index >= 15 is 0 Å². The fraction of sp³-hybridized carbons (Fsp3) is 0.871. The van der Waals surface area contributed by atoms with Crippen molar-refractivity contribution in [1.29, 1.82) is 0 Å². The number of furan rings is 1. The summed E-state index contributed by atoms with van der Waals surface area (Å²) in [6.45, 7) is 26.4. The van der Waals surface area contributed by atoms with Gasteiger partial charge in [0.15, 0.2) is 0 Å². The number of hydrogen-bond donors (Lipinski definition) is 0. The van der Waals surface area contributed by atoms with Crippen LogP contribution in [-0.4, -0.2) is 11.7 Å². The fourth-order valence-corrected chi connectivity index (χ4v) is 7.98. The van der Waals surface area contributed by atoms with Gasteiger partial charge < -0.3 is 9.15 Å². The van der Waals surface area contributed by atoms with E-state index in [1.54, 1.807) is 0 Å². The molecular weight excluding hydrogens is 404 g/mol. The summed E-state index contributed by atoms with van der Waals surface area (Å²) in [5, 5.41) is 0. The molecule has 0 saturated carbocycles. The highest BCUT2D eigenvalue weighted by Gasteiger charge is 2.59. The standard InChI is InChI=1S/C31H52O2/c1-17(2)23-14-26-27(30(11,19(5)6)29(23)32-26)22(10)13-12-21(9)25-16-31(20(7)8)15-24(18(3)4)28(25)33-31/h14,17-22,24-25,27-28H,12-13,15-16H2,1-11H3. The summed E-state index contributed by atoms with van der Waals surface area (Å²) in [7, 11) is 0. The van der Waals surface area contributed by atoms with Gasteiger partial charge in [-0.1, -0.05) is 82.6 Å². The largest absolute Gasteiger partial charge is 0.465 e. The first-order valence-electron chi connectivity index (χ1n) is 14.1. The van der Waals surface area contributed by atoms with Crippen molar-refractivity contribution in [2.24, 2.45) is 41.4 Å². The molecule has 0 aromatic carbocycles. The average molecular weight is 457 g/mol. The predicted octanol–water partition coefficient (Wildman–Crippen LogP) is 8.94. The Kier molecular flexibility index (Phi) is 6.69. The van der Waals surface area contributed by atoms with Gasteiger partial charge in [0.05, 0.1) is 11.7 Å². The zero-order valence-electron chi connectivity index (χ0n) is 23.5. The lowest BCUT2D eigenvalue weighted by atomic mass is 9.59. The highest BCUT2D eigenvalue weighted by atomic mass is 16.5. The molecule has 1 aromatic rings. The number of fused-ring (bicyclic) bond motifs is 4. The molecule has 4 rings (SSSR count). The lowest BCUT2D eigenvalue weighted by Crippen LogP contribution is -2.39. The summed E-state index contributed by atoms with van der Waals surface area (Å²) in [5.41, 5.74) is 1.71. The van der Waals surface area contributed by atoms with Crippen molar-refractivity contribution in [2.45, 2.75) is 131 Å². The van der Waals surface area contributed by atoms with Crippen molar-refractivity contribution < 1.29 is 9.15 Å². The molecule has 8 unspecified atom stereocenters. The van der Waals surface area contributed by atoms with Gasteiger partial charge in [-0.3, -0.25) is 0 Å². The van der Waals surface area contributed by atoms with Gasteiger partial charge in [-0.2, -0.15) is 0 Å². The second-order valence-corrected chi connectivity index (χ2v) is 13.8. The van der Waals surface area contributed by atoms with Gasteiger partial charge in [-0.05, 0) is 78.2 Å². The molecule has 3 aliphatic heterocycles. The highest BCUT2D eigenvalue weighted by molar-refractivity contribution is 5.42. The van der Waals surface area contributed by atoms with Gasteiger partial charge in [-0.25, -0.2) is 0 Å². The molecule has 2 fully saturated rings. The average Bonchev–Trinajstić information content (AvgIpc) is 3.48. The molecule has 0 amide bonds. The third kappa shape index (κ3) is 3.85. The molecule has 4 bridgehead atoms. The maximum atomic E-state index is 6.84. The van der Waals surface area contributed by atoms with Gasteiger partial charge in [0.25, 0.3) is 0 Å². The van der Waals surface area contributed by atoms with Crippen LogP contribution < -0.4 is 0 Å². The van der Waals surface area contributed by atoms with Crippen molar-refractivity contribution in [1.82, 2.24) is 0 Å². The van der Waals surface area contributed by atoms with Gasteiger partial charge >= 0.3 is 0 Å². The Labute approximate surface area is 204 Å². The van der Waals surface area contributed by atoms with E-state index < -0.39 is 0 Å². The fourth-order valence-electron chi connectivity index (χ4n) is 7.98. The van der Waals surface area contributed by atoms with Gasteiger partial charge in [0.1, 0.15) is 11.5 Å². The predicted molar refractivity (Wildman–Crippen MR) is 139 cm³/mol.